The van der Waals surface area contributed by atoms with Crippen LogP contribution in [0.3, 0.4) is 0 Å². The van der Waals surface area contributed by atoms with Gasteiger partial charge in [0.1, 0.15) is 0 Å². The van der Waals surface area contributed by atoms with E-state index in [4.69, 9.17) is 0 Å². The second-order valence-corrected chi connectivity index (χ2v) is 5.56. The molecule has 1 rings (SSSR count). The Hall–Kier alpha value is -0.300. The first-order valence-corrected chi connectivity index (χ1v) is 5.87. The Labute approximate surface area is 89.2 Å². The molecule has 0 aromatic carbocycles. The van der Waals surface area contributed by atoms with Crippen LogP contribution in [0.15, 0.2) is 12.7 Å². The predicted molar refractivity (Wildman–Crippen MR) is 63.4 cm³/mol. The van der Waals surface area contributed by atoms with Crippen LogP contribution in [0, 0.1) is 11.3 Å². The lowest BCUT2D eigenvalue weighted by atomic mass is 9.75. The number of hydrogen-bond acceptors (Lipinski definition) is 1. The number of likely N-dealkylation sites (tertiary alicyclic amines) is 1. The fourth-order valence-corrected chi connectivity index (χ4v) is 2.30. The quantitative estimate of drug-likeness (QED) is 0.624. The maximum Gasteiger partial charge on any atom is 0.00158 e. The Bertz CT molecular complexity index is 170. The summed E-state index contributed by atoms with van der Waals surface area (Å²) in [5, 5.41) is 0. The minimum absolute atomic E-state index is 0.504. The van der Waals surface area contributed by atoms with Crippen molar-refractivity contribution in [3.8, 4) is 0 Å². The van der Waals surface area contributed by atoms with Gasteiger partial charge in [0.2, 0.25) is 0 Å². The summed E-state index contributed by atoms with van der Waals surface area (Å²) in [6.07, 6.45) is 5.91. The molecule has 1 heterocycles. The Kier molecular flexibility index (Phi) is 4.18. The van der Waals surface area contributed by atoms with Gasteiger partial charge in [0.15, 0.2) is 0 Å². The summed E-state index contributed by atoms with van der Waals surface area (Å²) in [7, 11) is 0. The van der Waals surface area contributed by atoms with Crippen LogP contribution in [0.1, 0.15) is 40.0 Å². The lowest BCUT2D eigenvalue weighted by Crippen LogP contribution is -2.38. The monoisotopic (exact) mass is 195 g/mol. The molecule has 1 saturated heterocycles. The van der Waals surface area contributed by atoms with E-state index in [9.17, 15) is 0 Å². The van der Waals surface area contributed by atoms with Crippen LogP contribution in [-0.4, -0.2) is 24.5 Å². The molecule has 0 radical (unpaired) electrons. The molecular formula is C13H25N. The fourth-order valence-electron chi connectivity index (χ4n) is 2.30. The maximum atomic E-state index is 3.77. The third-order valence-corrected chi connectivity index (χ3v) is 3.46. The van der Waals surface area contributed by atoms with E-state index >= 15 is 0 Å². The van der Waals surface area contributed by atoms with Crippen LogP contribution >= 0.6 is 0 Å². The van der Waals surface area contributed by atoms with Crippen molar-refractivity contribution in [1.29, 1.82) is 0 Å². The van der Waals surface area contributed by atoms with Crippen molar-refractivity contribution in [2.45, 2.75) is 40.0 Å². The summed E-state index contributed by atoms with van der Waals surface area (Å²) >= 11 is 0. The topological polar surface area (TPSA) is 3.24 Å². The Morgan fingerprint density at radius 3 is 2.29 bits per heavy atom. The first kappa shape index (κ1) is 11.8. The molecule has 1 nitrogen and oxygen atoms in total. The third kappa shape index (κ3) is 3.45. The van der Waals surface area contributed by atoms with E-state index in [1.54, 1.807) is 0 Å². The zero-order chi connectivity index (χ0) is 10.6. The summed E-state index contributed by atoms with van der Waals surface area (Å²) in [4.78, 5) is 2.57. The van der Waals surface area contributed by atoms with E-state index in [0.717, 1.165) is 12.3 Å². The lowest BCUT2D eigenvalue weighted by molar-refractivity contribution is 0.113. The third-order valence-electron chi connectivity index (χ3n) is 3.46. The highest BCUT2D eigenvalue weighted by Gasteiger charge is 2.28. The van der Waals surface area contributed by atoms with Crippen LogP contribution in [0.2, 0.25) is 0 Å². The van der Waals surface area contributed by atoms with E-state index in [-0.39, 0.29) is 0 Å². The minimum Gasteiger partial charge on any atom is -0.303 e. The molecule has 0 atom stereocenters. The Morgan fingerprint density at radius 1 is 1.29 bits per heavy atom. The van der Waals surface area contributed by atoms with E-state index in [0.29, 0.717) is 5.41 Å². The number of rotatable bonds is 3. The molecule has 0 N–H and O–H groups in total. The van der Waals surface area contributed by atoms with E-state index in [1.165, 1.54) is 32.5 Å². The fraction of sp³-hybridized carbons (Fsp3) is 0.846. The van der Waals surface area contributed by atoms with Gasteiger partial charge in [-0.05, 0) is 43.7 Å². The van der Waals surface area contributed by atoms with Crippen molar-refractivity contribution in [3.63, 3.8) is 0 Å². The van der Waals surface area contributed by atoms with Crippen LogP contribution in [-0.2, 0) is 0 Å². The molecule has 1 heteroatoms. The maximum absolute atomic E-state index is 3.77. The van der Waals surface area contributed by atoms with Crippen molar-refractivity contribution < 1.29 is 0 Å². The number of nitrogens with zero attached hydrogens (tertiary/aromatic N) is 1. The SMILES string of the molecule is C=CCCN1CCC(C(C)(C)C)CC1. The van der Waals surface area contributed by atoms with Crippen molar-refractivity contribution in [1.82, 2.24) is 4.90 Å². The van der Waals surface area contributed by atoms with E-state index in [1.807, 2.05) is 6.08 Å². The van der Waals surface area contributed by atoms with Gasteiger partial charge >= 0.3 is 0 Å². The van der Waals surface area contributed by atoms with Gasteiger partial charge in [-0.15, -0.1) is 6.58 Å². The minimum atomic E-state index is 0.504. The molecule has 1 fully saturated rings. The van der Waals surface area contributed by atoms with Crippen molar-refractivity contribution in [2.24, 2.45) is 11.3 Å². The average molecular weight is 195 g/mol. The molecular weight excluding hydrogens is 170 g/mol. The number of piperidine rings is 1. The largest absolute Gasteiger partial charge is 0.303 e. The molecule has 14 heavy (non-hydrogen) atoms. The molecule has 0 saturated carbocycles. The molecule has 0 bridgehead atoms. The molecule has 0 amide bonds. The lowest BCUT2D eigenvalue weighted by Gasteiger charge is -2.38. The van der Waals surface area contributed by atoms with Gasteiger partial charge < -0.3 is 4.90 Å². The highest BCUT2D eigenvalue weighted by molar-refractivity contribution is 4.81. The Morgan fingerprint density at radius 2 is 1.86 bits per heavy atom. The molecule has 82 valence electrons. The molecule has 0 aromatic rings. The van der Waals surface area contributed by atoms with Gasteiger partial charge in [-0.3, -0.25) is 0 Å². The zero-order valence-electron chi connectivity index (χ0n) is 10.1. The summed E-state index contributed by atoms with van der Waals surface area (Å²) in [5.41, 5.74) is 0.504. The van der Waals surface area contributed by atoms with Gasteiger partial charge in [-0.25, -0.2) is 0 Å². The zero-order valence-corrected chi connectivity index (χ0v) is 10.1. The summed E-state index contributed by atoms with van der Waals surface area (Å²) in [5.74, 6) is 0.919. The van der Waals surface area contributed by atoms with Gasteiger partial charge in [-0.1, -0.05) is 26.8 Å². The summed E-state index contributed by atoms with van der Waals surface area (Å²) in [6, 6.07) is 0. The molecule has 1 aliphatic rings. The molecule has 0 unspecified atom stereocenters. The number of hydrogen-bond donors (Lipinski definition) is 0. The average Bonchev–Trinajstić information content (AvgIpc) is 2.14. The highest BCUT2D eigenvalue weighted by atomic mass is 15.1. The second kappa shape index (κ2) is 4.97. The van der Waals surface area contributed by atoms with Gasteiger partial charge in [0.25, 0.3) is 0 Å². The van der Waals surface area contributed by atoms with E-state index < -0.39 is 0 Å². The summed E-state index contributed by atoms with van der Waals surface area (Å²) < 4.78 is 0. The normalized spacial score (nSPS) is 21.1. The van der Waals surface area contributed by atoms with Gasteiger partial charge in [0.05, 0.1) is 0 Å². The van der Waals surface area contributed by atoms with Gasteiger partial charge in [0, 0.05) is 6.54 Å². The Balaban J connectivity index is 2.27. The molecule has 0 aromatic heterocycles. The second-order valence-electron chi connectivity index (χ2n) is 5.56. The highest BCUT2D eigenvalue weighted by Crippen LogP contribution is 2.34. The van der Waals surface area contributed by atoms with Crippen LogP contribution < -0.4 is 0 Å². The molecule has 1 aliphatic heterocycles. The van der Waals surface area contributed by atoms with Crippen molar-refractivity contribution in [2.75, 3.05) is 19.6 Å². The smallest absolute Gasteiger partial charge is 0.00158 e. The van der Waals surface area contributed by atoms with Crippen LogP contribution in [0.25, 0.3) is 0 Å². The summed E-state index contributed by atoms with van der Waals surface area (Å²) in [6.45, 7) is 14.7. The van der Waals surface area contributed by atoms with Crippen LogP contribution in [0.5, 0.6) is 0 Å². The first-order valence-electron chi connectivity index (χ1n) is 5.87. The molecule has 0 aliphatic carbocycles. The first-order chi connectivity index (χ1) is 6.54. The van der Waals surface area contributed by atoms with Crippen molar-refractivity contribution in [3.05, 3.63) is 12.7 Å². The van der Waals surface area contributed by atoms with Crippen LogP contribution in [0.4, 0.5) is 0 Å². The standard InChI is InChI=1S/C13H25N/c1-5-6-9-14-10-7-12(8-11-14)13(2,3)4/h5,12H,1,6-11H2,2-4H3. The van der Waals surface area contributed by atoms with E-state index in [2.05, 4.69) is 32.3 Å². The molecule has 0 spiro atoms. The van der Waals surface area contributed by atoms with Gasteiger partial charge in [-0.2, -0.15) is 0 Å². The van der Waals surface area contributed by atoms with Crippen molar-refractivity contribution >= 4 is 0 Å². The predicted octanol–water partition coefficient (Wildman–Crippen LogP) is 3.32.